The molecule has 230 valence electrons. The molecule has 0 radical (unpaired) electrons. The van der Waals surface area contributed by atoms with Crippen molar-refractivity contribution in [3.8, 4) is 28.5 Å². The molecule has 3 aromatic carbocycles. The number of hydrogen-bond donors (Lipinski definition) is 0. The Bertz CT molecular complexity index is 2010. The molecular weight excluding hydrogens is 609 g/mol. The van der Waals surface area contributed by atoms with E-state index in [9.17, 15) is 27.2 Å². The Hall–Kier alpha value is -4.37. The largest absolute Gasteiger partial charge is 0.755 e. The summed E-state index contributed by atoms with van der Waals surface area (Å²) in [6.07, 6.45) is 4.32. The van der Waals surface area contributed by atoms with Crippen LogP contribution in [0, 0.1) is 23.2 Å². The van der Waals surface area contributed by atoms with Crippen LogP contribution in [0.25, 0.3) is 22.4 Å². The molecule has 9 nitrogen and oxygen atoms in total. The highest BCUT2D eigenvalue weighted by Crippen LogP contribution is 2.54. The molecule has 1 unspecified atom stereocenters. The van der Waals surface area contributed by atoms with Crippen molar-refractivity contribution in [3.05, 3.63) is 107 Å². The lowest BCUT2D eigenvalue weighted by Gasteiger charge is -2.47. The van der Waals surface area contributed by atoms with Crippen molar-refractivity contribution < 1.29 is 22.0 Å². The van der Waals surface area contributed by atoms with Crippen LogP contribution in [-0.4, -0.2) is 44.9 Å². The Balaban J connectivity index is 1.45. The molecule has 0 saturated heterocycles. The molecule has 11 heteroatoms. The molecule has 1 aromatic heterocycles. The van der Waals surface area contributed by atoms with Gasteiger partial charge in [0.25, 0.3) is 0 Å². The molecule has 0 aliphatic heterocycles. The third-order valence-electron chi connectivity index (χ3n) is 9.01. The second-order valence-electron chi connectivity index (χ2n) is 11.8. The molecule has 6 rings (SSSR count). The standard InChI is InChI=1S/C34H32N4O5S2/c1-22-30-17-16-29-31(37(2)36-33(29)34(30,19-26(20-35)32(22)39)27-10-5-4-6-11-27)25-9-7-8-24(18-25)23-12-14-28(15-13-23)38(44(40)41)21-45(3,42)43/h4-15,18-19,22,30H,16-17,21H2,1-3H3,(H,40,41)/p-1/t22-,30-,34+/m0/s1. The van der Waals surface area contributed by atoms with E-state index in [0.29, 0.717) is 0 Å². The molecule has 4 atom stereocenters. The van der Waals surface area contributed by atoms with Gasteiger partial charge in [0, 0.05) is 47.3 Å². The fourth-order valence-corrected chi connectivity index (χ4v) is 8.85. The van der Waals surface area contributed by atoms with Crippen molar-refractivity contribution in [2.75, 3.05) is 16.4 Å². The van der Waals surface area contributed by atoms with Gasteiger partial charge in [0.15, 0.2) is 15.6 Å². The van der Waals surface area contributed by atoms with Crippen molar-refractivity contribution in [1.29, 1.82) is 5.26 Å². The number of allylic oxidation sites excluding steroid dienone is 2. The smallest absolute Gasteiger partial charge is 0.176 e. The van der Waals surface area contributed by atoms with E-state index >= 15 is 0 Å². The summed E-state index contributed by atoms with van der Waals surface area (Å²) in [5.74, 6) is -1.14. The normalized spacial score (nSPS) is 21.7. The zero-order chi connectivity index (χ0) is 32.1. The highest BCUT2D eigenvalue weighted by atomic mass is 32.2. The number of benzene rings is 3. The number of Topliss-reactive ketones (excluding diaryl/α,β-unsaturated/α-hetero) is 1. The second kappa shape index (κ2) is 11.5. The minimum absolute atomic E-state index is 0.0460. The Kier molecular flexibility index (Phi) is 7.85. The van der Waals surface area contributed by atoms with Gasteiger partial charge in [-0.05, 0) is 59.7 Å². The summed E-state index contributed by atoms with van der Waals surface area (Å²) in [6.45, 7) is 1.92. The van der Waals surface area contributed by atoms with Gasteiger partial charge in [-0.1, -0.05) is 67.6 Å². The second-order valence-corrected chi connectivity index (χ2v) is 14.8. The van der Waals surface area contributed by atoms with Crippen molar-refractivity contribution in [2.45, 2.75) is 25.2 Å². The van der Waals surface area contributed by atoms with Crippen molar-refractivity contribution in [2.24, 2.45) is 18.9 Å². The molecular formula is C34H31N4O5S2-. The summed E-state index contributed by atoms with van der Waals surface area (Å²) in [7, 11) is -1.66. The van der Waals surface area contributed by atoms with Crippen LogP contribution >= 0.6 is 0 Å². The lowest BCUT2D eigenvalue weighted by atomic mass is 9.54. The van der Waals surface area contributed by atoms with Crippen LogP contribution < -0.4 is 4.31 Å². The number of carbonyl (C=O) groups is 1. The molecule has 0 fully saturated rings. The van der Waals surface area contributed by atoms with E-state index in [0.717, 1.165) is 62.6 Å². The lowest BCUT2D eigenvalue weighted by Crippen LogP contribution is -2.48. The maximum Gasteiger partial charge on any atom is 0.176 e. The molecule has 1 heterocycles. The fraction of sp³-hybridized carbons (Fsp3) is 0.265. The minimum atomic E-state index is -3.57. The van der Waals surface area contributed by atoms with Gasteiger partial charge in [-0.2, -0.15) is 10.4 Å². The van der Waals surface area contributed by atoms with Crippen LogP contribution in [0.2, 0.25) is 0 Å². The maximum absolute atomic E-state index is 13.1. The maximum atomic E-state index is 13.1. The molecule has 45 heavy (non-hydrogen) atoms. The van der Waals surface area contributed by atoms with Gasteiger partial charge in [0.2, 0.25) is 0 Å². The average Bonchev–Trinajstić information content (AvgIpc) is 3.38. The van der Waals surface area contributed by atoms with E-state index in [1.807, 2.05) is 73.3 Å². The molecule has 0 spiro atoms. The van der Waals surface area contributed by atoms with E-state index < -0.39 is 32.4 Å². The molecule has 0 bridgehead atoms. The highest BCUT2D eigenvalue weighted by molar-refractivity contribution is 7.92. The fourth-order valence-electron chi connectivity index (χ4n) is 7.07. The summed E-state index contributed by atoms with van der Waals surface area (Å²) in [5.41, 5.74) is 6.26. The number of anilines is 1. The van der Waals surface area contributed by atoms with Crippen LogP contribution in [0.3, 0.4) is 0 Å². The van der Waals surface area contributed by atoms with Gasteiger partial charge in [0.1, 0.15) is 11.9 Å². The Morgan fingerprint density at radius 2 is 1.76 bits per heavy atom. The topological polar surface area (TPSA) is 136 Å². The summed E-state index contributed by atoms with van der Waals surface area (Å²) in [4.78, 5) is 13.1. The summed E-state index contributed by atoms with van der Waals surface area (Å²) < 4.78 is 49.7. The summed E-state index contributed by atoms with van der Waals surface area (Å²) in [6, 6.07) is 26.9. The van der Waals surface area contributed by atoms with Crippen LogP contribution in [0.1, 0.15) is 30.2 Å². The molecule has 0 saturated carbocycles. The Morgan fingerprint density at radius 3 is 2.40 bits per heavy atom. The van der Waals surface area contributed by atoms with Gasteiger partial charge in [-0.25, -0.2) is 8.42 Å². The van der Waals surface area contributed by atoms with Gasteiger partial charge in [0.05, 0.1) is 22.4 Å². The van der Waals surface area contributed by atoms with Crippen molar-refractivity contribution >= 4 is 32.6 Å². The predicted octanol–water partition coefficient (Wildman–Crippen LogP) is 4.87. The molecule has 2 aliphatic rings. The number of aromatic nitrogens is 2. The van der Waals surface area contributed by atoms with Crippen LogP contribution in [0.15, 0.2) is 90.5 Å². The highest BCUT2D eigenvalue weighted by Gasteiger charge is 2.54. The predicted molar refractivity (Wildman–Crippen MR) is 172 cm³/mol. The number of rotatable bonds is 7. The minimum Gasteiger partial charge on any atom is -0.755 e. The first-order valence-electron chi connectivity index (χ1n) is 14.5. The zero-order valence-electron chi connectivity index (χ0n) is 25.0. The van der Waals surface area contributed by atoms with E-state index in [1.165, 1.54) is 0 Å². The summed E-state index contributed by atoms with van der Waals surface area (Å²) in [5, 5.41) is 15.1. The van der Waals surface area contributed by atoms with E-state index in [2.05, 4.69) is 12.1 Å². The third kappa shape index (κ3) is 5.33. The quantitative estimate of drug-likeness (QED) is 0.263. The number of hydrogen-bond acceptors (Lipinski definition) is 7. The molecule has 2 aliphatic carbocycles. The average molecular weight is 640 g/mol. The number of carbonyl (C=O) groups excluding carboxylic acids is 1. The Morgan fingerprint density at radius 1 is 1.07 bits per heavy atom. The number of fused-ring (bicyclic) bond motifs is 3. The van der Waals surface area contributed by atoms with E-state index in [-0.39, 0.29) is 28.9 Å². The molecule has 0 amide bonds. The first kappa shape index (κ1) is 30.6. The monoisotopic (exact) mass is 639 g/mol. The molecule has 4 aromatic rings. The summed E-state index contributed by atoms with van der Waals surface area (Å²) >= 11 is -2.75. The first-order valence-corrected chi connectivity index (χ1v) is 17.6. The van der Waals surface area contributed by atoms with Crippen LogP contribution in [0.5, 0.6) is 0 Å². The SMILES string of the molecule is C[C@@H]1C(=O)C(C#N)=C[C@]2(c3ccccc3)c3nn(C)c(-c4cccc(-c5ccc(N(CS(C)(=O)=O)S(=O)[O-])cc5)c4)c3CC[C@@H]12. The Labute approximate surface area is 265 Å². The van der Waals surface area contributed by atoms with Gasteiger partial charge < -0.3 is 4.55 Å². The number of nitrogens with zero attached hydrogens (tertiary/aromatic N) is 4. The van der Waals surface area contributed by atoms with Crippen molar-refractivity contribution in [1.82, 2.24) is 9.78 Å². The van der Waals surface area contributed by atoms with Gasteiger partial charge in [-0.15, -0.1) is 0 Å². The number of ketones is 1. The molecule has 0 N–H and O–H groups in total. The van der Waals surface area contributed by atoms with Crippen LogP contribution in [-0.2, 0) is 44.8 Å². The first-order chi connectivity index (χ1) is 21.4. The number of aryl methyl sites for hydroxylation is 1. The van der Waals surface area contributed by atoms with Gasteiger partial charge >= 0.3 is 0 Å². The number of nitriles is 1. The third-order valence-corrected chi connectivity index (χ3v) is 10.6. The van der Waals surface area contributed by atoms with Crippen LogP contribution in [0.4, 0.5) is 5.69 Å². The number of sulfone groups is 1. The van der Waals surface area contributed by atoms with Gasteiger partial charge in [-0.3, -0.25) is 18.0 Å². The lowest BCUT2D eigenvalue weighted by molar-refractivity contribution is -0.121. The zero-order valence-corrected chi connectivity index (χ0v) is 26.6. The van der Waals surface area contributed by atoms with Crippen molar-refractivity contribution in [3.63, 3.8) is 0 Å². The van der Waals surface area contributed by atoms with E-state index in [1.54, 1.807) is 24.3 Å². The van der Waals surface area contributed by atoms with E-state index in [4.69, 9.17) is 5.10 Å².